The lowest BCUT2D eigenvalue weighted by molar-refractivity contribution is -0.123. The van der Waals surface area contributed by atoms with Crippen molar-refractivity contribution in [1.82, 2.24) is 10.6 Å². The summed E-state index contributed by atoms with van der Waals surface area (Å²) in [4.78, 5) is 62.5. The van der Waals surface area contributed by atoms with Crippen molar-refractivity contribution in [2.45, 2.75) is 59.2 Å². The van der Waals surface area contributed by atoms with Gasteiger partial charge in [-0.15, -0.1) is 0 Å². The monoisotopic (exact) mass is 510 g/mol. The molecule has 2 rings (SSSR count). The zero-order valence-corrected chi connectivity index (χ0v) is 22.0. The molecule has 3 N–H and O–H groups in total. The lowest BCUT2D eigenvalue weighted by Gasteiger charge is -2.29. The van der Waals surface area contributed by atoms with Crippen LogP contribution in [0.15, 0.2) is 48.5 Å². The van der Waals surface area contributed by atoms with E-state index in [0.717, 1.165) is 0 Å². The number of hydrogen-bond donors (Lipinski definition) is 3. The quantitative estimate of drug-likeness (QED) is 0.331. The second kappa shape index (κ2) is 12.7. The van der Waals surface area contributed by atoms with Crippen molar-refractivity contribution in [2.75, 3.05) is 16.8 Å². The number of benzene rings is 2. The Hall–Kier alpha value is -4.21. The predicted molar refractivity (Wildman–Crippen MR) is 141 cm³/mol. The maximum atomic E-state index is 13.6. The molecular formula is C27H34N4O6. The second-order valence-corrected chi connectivity index (χ2v) is 9.61. The van der Waals surface area contributed by atoms with E-state index in [0.29, 0.717) is 28.9 Å². The van der Waals surface area contributed by atoms with E-state index < -0.39 is 35.6 Å². The number of amides is 4. The van der Waals surface area contributed by atoms with Gasteiger partial charge in [-0.05, 0) is 65.8 Å². The molecule has 0 spiro atoms. The number of carbonyl (C=O) groups excluding carboxylic acids is 5. The third-order valence-corrected chi connectivity index (χ3v) is 5.16. The minimum absolute atomic E-state index is 0.0513. The molecule has 10 heteroatoms. The number of hydrogen-bond acceptors (Lipinski definition) is 6. The smallest absolute Gasteiger partial charge is 0.408 e. The Labute approximate surface area is 216 Å². The molecular weight excluding hydrogens is 476 g/mol. The maximum Gasteiger partial charge on any atom is 0.408 e. The molecule has 0 aliphatic carbocycles. The van der Waals surface area contributed by atoms with E-state index in [4.69, 9.17) is 4.74 Å². The minimum Gasteiger partial charge on any atom is -0.444 e. The fraction of sp³-hybridized carbons (Fsp3) is 0.370. The third kappa shape index (κ3) is 8.75. The molecule has 0 saturated carbocycles. The maximum absolute atomic E-state index is 13.6. The first-order valence-corrected chi connectivity index (χ1v) is 11.8. The third-order valence-electron chi connectivity index (χ3n) is 5.16. The van der Waals surface area contributed by atoms with Crippen molar-refractivity contribution in [3.63, 3.8) is 0 Å². The molecule has 4 amide bonds. The lowest BCUT2D eigenvalue weighted by atomic mass is 10.1. The van der Waals surface area contributed by atoms with Crippen LogP contribution in [0.25, 0.3) is 0 Å². The van der Waals surface area contributed by atoms with Gasteiger partial charge in [-0.25, -0.2) is 4.79 Å². The highest BCUT2D eigenvalue weighted by Gasteiger charge is 2.26. The van der Waals surface area contributed by atoms with Crippen LogP contribution in [0, 0.1) is 0 Å². The second-order valence-electron chi connectivity index (χ2n) is 9.61. The van der Waals surface area contributed by atoms with E-state index in [-0.39, 0.29) is 12.3 Å². The SMILES string of the molecule is CC(=O)c1ccc(C(=O)N(CC(C)NC(=O)[C@H](C)NC(=O)OC(C)(C)C)c2ccccc2NC=O)cc1. The average Bonchev–Trinajstić information content (AvgIpc) is 2.81. The van der Waals surface area contributed by atoms with Gasteiger partial charge in [0.25, 0.3) is 5.91 Å². The molecule has 2 aromatic rings. The number of ketones is 1. The van der Waals surface area contributed by atoms with Crippen LogP contribution in [0.3, 0.4) is 0 Å². The summed E-state index contributed by atoms with van der Waals surface area (Å²) in [6.45, 7) is 9.88. The van der Waals surface area contributed by atoms with Crippen molar-refractivity contribution in [3.05, 3.63) is 59.7 Å². The molecule has 10 nitrogen and oxygen atoms in total. The topological polar surface area (TPSA) is 134 Å². The number of Topliss-reactive ketones (excluding diaryl/α,β-unsaturated/α-hetero) is 1. The molecule has 1 unspecified atom stereocenters. The van der Waals surface area contributed by atoms with Crippen molar-refractivity contribution < 1.29 is 28.7 Å². The standard InChI is InChI=1S/C27H34N4O6/c1-17(29-24(34)18(2)30-26(36)37-27(4,5)6)15-31(23-10-8-7-9-22(23)28-16-32)25(35)21-13-11-20(12-14-21)19(3)33/h7-14,16-18H,15H2,1-6H3,(H,28,32)(H,29,34)(H,30,36)/t17?,18-/m0/s1. The fourth-order valence-corrected chi connectivity index (χ4v) is 3.43. The molecule has 0 aromatic heterocycles. The van der Waals surface area contributed by atoms with Crippen LogP contribution < -0.4 is 20.9 Å². The van der Waals surface area contributed by atoms with Crippen LogP contribution in [0.1, 0.15) is 62.3 Å². The molecule has 2 atom stereocenters. The number of carbonyl (C=O) groups is 5. The molecule has 0 aliphatic heterocycles. The molecule has 0 bridgehead atoms. The Bertz CT molecular complexity index is 1140. The van der Waals surface area contributed by atoms with Crippen molar-refractivity contribution in [2.24, 2.45) is 0 Å². The van der Waals surface area contributed by atoms with Crippen molar-refractivity contribution in [3.8, 4) is 0 Å². The molecule has 0 fully saturated rings. The lowest BCUT2D eigenvalue weighted by Crippen LogP contribution is -2.51. The highest BCUT2D eigenvalue weighted by Crippen LogP contribution is 2.27. The molecule has 198 valence electrons. The molecule has 0 heterocycles. The zero-order chi connectivity index (χ0) is 27.8. The first kappa shape index (κ1) is 29.0. The van der Waals surface area contributed by atoms with E-state index in [2.05, 4.69) is 16.0 Å². The van der Waals surface area contributed by atoms with Crippen molar-refractivity contribution in [1.29, 1.82) is 0 Å². The van der Waals surface area contributed by atoms with Crippen LogP contribution in [0.4, 0.5) is 16.2 Å². The summed E-state index contributed by atoms with van der Waals surface area (Å²) >= 11 is 0. The van der Waals surface area contributed by atoms with E-state index in [1.54, 1.807) is 76.2 Å². The number of nitrogens with one attached hydrogen (secondary N) is 3. The Morgan fingerprint density at radius 1 is 0.946 bits per heavy atom. The number of rotatable bonds is 10. The van der Waals surface area contributed by atoms with Crippen LogP contribution in [-0.4, -0.2) is 54.3 Å². The zero-order valence-electron chi connectivity index (χ0n) is 22.0. The summed E-state index contributed by atoms with van der Waals surface area (Å²) < 4.78 is 5.19. The van der Waals surface area contributed by atoms with E-state index in [9.17, 15) is 24.0 Å². The van der Waals surface area contributed by atoms with Gasteiger partial charge in [-0.3, -0.25) is 19.2 Å². The fourth-order valence-electron chi connectivity index (χ4n) is 3.43. The Morgan fingerprint density at radius 2 is 1.54 bits per heavy atom. The summed E-state index contributed by atoms with van der Waals surface area (Å²) in [6.07, 6.45) is -0.208. The summed E-state index contributed by atoms with van der Waals surface area (Å²) in [5.74, 6) is -0.978. The Morgan fingerprint density at radius 3 is 2.11 bits per heavy atom. The average molecular weight is 511 g/mol. The summed E-state index contributed by atoms with van der Waals surface area (Å²) in [5.41, 5.74) is 0.920. The number of alkyl carbamates (subject to hydrolysis) is 1. The van der Waals surface area contributed by atoms with Gasteiger partial charge in [-0.1, -0.05) is 24.3 Å². The van der Waals surface area contributed by atoms with Gasteiger partial charge in [0.05, 0.1) is 11.4 Å². The Balaban J connectivity index is 2.25. The van der Waals surface area contributed by atoms with E-state index in [1.165, 1.54) is 18.7 Å². The minimum atomic E-state index is -0.885. The van der Waals surface area contributed by atoms with Crippen LogP contribution in [0.2, 0.25) is 0 Å². The van der Waals surface area contributed by atoms with Crippen LogP contribution in [0.5, 0.6) is 0 Å². The van der Waals surface area contributed by atoms with Gasteiger partial charge in [0, 0.05) is 23.7 Å². The highest BCUT2D eigenvalue weighted by atomic mass is 16.6. The number of nitrogens with zero attached hydrogens (tertiary/aromatic N) is 1. The molecule has 0 saturated heterocycles. The first-order chi connectivity index (χ1) is 17.3. The van der Waals surface area contributed by atoms with Gasteiger partial charge in [0.1, 0.15) is 11.6 Å². The summed E-state index contributed by atoms with van der Waals surface area (Å²) in [6, 6.07) is 11.6. The van der Waals surface area contributed by atoms with Gasteiger partial charge >= 0.3 is 6.09 Å². The Kier molecular flexibility index (Phi) is 9.93. The molecule has 0 aliphatic rings. The number of ether oxygens (including phenoxy) is 1. The largest absolute Gasteiger partial charge is 0.444 e. The van der Waals surface area contributed by atoms with Gasteiger partial charge in [0.2, 0.25) is 12.3 Å². The predicted octanol–water partition coefficient (Wildman–Crippen LogP) is 3.52. The molecule has 0 radical (unpaired) electrons. The number of anilines is 2. The van der Waals surface area contributed by atoms with E-state index >= 15 is 0 Å². The normalized spacial score (nSPS) is 12.5. The van der Waals surface area contributed by atoms with Gasteiger partial charge in [0.15, 0.2) is 5.78 Å². The van der Waals surface area contributed by atoms with Gasteiger partial charge < -0.3 is 25.6 Å². The molecule has 37 heavy (non-hydrogen) atoms. The molecule has 2 aromatic carbocycles. The van der Waals surface area contributed by atoms with Gasteiger partial charge in [-0.2, -0.15) is 0 Å². The summed E-state index contributed by atoms with van der Waals surface area (Å²) in [5, 5.41) is 7.87. The highest BCUT2D eigenvalue weighted by molar-refractivity contribution is 6.09. The number of para-hydroxylation sites is 2. The van der Waals surface area contributed by atoms with E-state index in [1.807, 2.05) is 0 Å². The van der Waals surface area contributed by atoms with Crippen LogP contribution >= 0.6 is 0 Å². The first-order valence-electron chi connectivity index (χ1n) is 11.8. The summed E-state index contributed by atoms with van der Waals surface area (Å²) in [7, 11) is 0. The van der Waals surface area contributed by atoms with Crippen LogP contribution in [-0.2, 0) is 14.3 Å². The van der Waals surface area contributed by atoms with Crippen molar-refractivity contribution >= 4 is 41.5 Å².